The van der Waals surface area contributed by atoms with E-state index in [-0.39, 0.29) is 28.3 Å². The molecule has 1 amide bonds. The summed E-state index contributed by atoms with van der Waals surface area (Å²) in [5.41, 5.74) is 1.21. The first-order valence-corrected chi connectivity index (χ1v) is 10.5. The van der Waals surface area contributed by atoms with Crippen LogP contribution in [0.5, 0.6) is 0 Å². The molecule has 1 N–H and O–H groups in total. The third-order valence-corrected chi connectivity index (χ3v) is 5.97. The first-order valence-electron chi connectivity index (χ1n) is 8.63. The predicted octanol–water partition coefficient (Wildman–Crippen LogP) is 5.03. The van der Waals surface area contributed by atoms with Gasteiger partial charge >= 0.3 is 0 Å². The number of aromatic nitrogens is 4. The summed E-state index contributed by atoms with van der Waals surface area (Å²) in [6.45, 7) is 8.87. The molecule has 0 aromatic carbocycles. The second-order valence-corrected chi connectivity index (χ2v) is 9.52. The van der Waals surface area contributed by atoms with Crippen molar-refractivity contribution in [3.05, 3.63) is 43.0 Å². The Morgan fingerprint density at radius 1 is 1.17 bits per heavy atom. The molecule has 0 saturated heterocycles. The minimum absolute atomic E-state index is 0.0256. The third-order valence-electron chi connectivity index (χ3n) is 4.30. The normalized spacial score (nSPS) is 11.7. The number of nitrogens with zero attached hydrogens (tertiary/aromatic N) is 4. The molecule has 3 aromatic heterocycles. The largest absolute Gasteiger partial charge is 0.294 e. The Hall–Kier alpha value is -1.78. The van der Waals surface area contributed by atoms with Gasteiger partial charge < -0.3 is 0 Å². The zero-order chi connectivity index (χ0) is 21.7. The van der Waals surface area contributed by atoms with Crippen molar-refractivity contribution in [1.29, 1.82) is 0 Å². The first kappa shape index (κ1) is 21.9. The second-order valence-electron chi connectivity index (χ2n) is 7.62. The number of fused-ring (bicyclic) bond motifs is 1. The van der Waals surface area contributed by atoms with Gasteiger partial charge in [0.1, 0.15) is 10.8 Å². The lowest BCUT2D eigenvalue weighted by Gasteiger charge is -2.16. The van der Waals surface area contributed by atoms with Crippen LogP contribution in [0, 0.1) is 22.8 Å². The van der Waals surface area contributed by atoms with Gasteiger partial charge in [-0.15, -0.1) is 0 Å². The van der Waals surface area contributed by atoms with E-state index in [4.69, 9.17) is 23.2 Å². The van der Waals surface area contributed by atoms with Crippen molar-refractivity contribution in [2.24, 2.45) is 5.41 Å². The van der Waals surface area contributed by atoms with E-state index < -0.39 is 11.3 Å². The second kappa shape index (κ2) is 7.81. The van der Waals surface area contributed by atoms with Crippen LogP contribution in [0.2, 0.25) is 10.2 Å². The highest BCUT2D eigenvalue weighted by molar-refractivity contribution is 14.1. The fraction of sp³-hybridized carbons (Fsp3) is 0.316. The number of halogens is 3. The predicted molar refractivity (Wildman–Crippen MR) is 122 cm³/mol. The number of anilines is 1. The molecular formula is C19H18Cl2IN5O2. The van der Waals surface area contributed by atoms with E-state index in [0.29, 0.717) is 19.5 Å². The molecule has 0 aliphatic rings. The summed E-state index contributed by atoms with van der Waals surface area (Å²) in [5, 5.41) is 3.79. The van der Waals surface area contributed by atoms with Crippen molar-refractivity contribution < 1.29 is 9.59 Å². The van der Waals surface area contributed by atoms with Gasteiger partial charge in [-0.05, 0) is 47.6 Å². The van der Waals surface area contributed by atoms with Crippen molar-refractivity contribution in [3.63, 3.8) is 0 Å². The number of carbonyl (C=O) groups is 2. The molecular weight excluding hydrogens is 528 g/mol. The molecule has 0 aliphatic heterocycles. The Morgan fingerprint density at radius 3 is 2.45 bits per heavy atom. The van der Waals surface area contributed by atoms with E-state index in [1.165, 1.54) is 4.57 Å². The Bertz CT molecular complexity index is 1170. The molecule has 152 valence electrons. The molecule has 0 unspecified atom stereocenters. The molecule has 0 bridgehead atoms. The average molecular weight is 546 g/mol. The van der Waals surface area contributed by atoms with E-state index in [0.717, 1.165) is 5.56 Å². The molecule has 7 nitrogen and oxygen atoms in total. The van der Waals surface area contributed by atoms with Gasteiger partial charge in [0.05, 0.1) is 10.4 Å². The van der Waals surface area contributed by atoms with Crippen LogP contribution in [0.4, 0.5) is 5.95 Å². The summed E-state index contributed by atoms with van der Waals surface area (Å²) in [6.07, 6.45) is 3.16. The standard InChI is InChI=1S/C19H18Cl2IN5O2/c1-8-6-23-13(9(2)12(8)20)16(28)27-7-10(22)11-14(21)24-18(25-15(11)27)26-17(29)19(3,4)5/h6-7H,1-5H3,(H,24,25,26,29). The van der Waals surface area contributed by atoms with Crippen molar-refractivity contribution in [1.82, 2.24) is 19.5 Å². The monoisotopic (exact) mass is 545 g/mol. The molecule has 29 heavy (non-hydrogen) atoms. The molecule has 0 radical (unpaired) electrons. The van der Waals surface area contributed by atoms with E-state index in [1.807, 2.05) is 6.92 Å². The van der Waals surface area contributed by atoms with Crippen molar-refractivity contribution >= 4 is 74.6 Å². The molecule has 3 heterocycles. The van der Waals surface area contributed by atoms with Gasteiger partial charge in [-0.3, -0.25) is 24.5 Å². The van der Waals surface area contributed by atoms with Crippen LogP contribution in [0.25, 0.3) is 11.0 Å². The van der Waals surface area contributed by atoms with E-state index in [2.05, 4.69) is 42.9 Å². The lowest BCUT2D eigenvalue weighted by molar-refractivity contribution is -0.123. The minimum atomic E-state index is -0.642. The van der Waals surface area contributed by atoms with Gasteiger partial charge in [-0.25, -0.2) is 0 Å². The Labute approximate surface area is 191 Å². The number of aryl methyl sites for hydroxylation is 1. The molecule has 0 fully saturated rings. The zero-order valence-corrected chi connectivity index (χ0v) is 20.1. The fourth-order valence-electron chi connectivity index (χ4n) is 2.59. The highest BCUT2D eigenvalue weighted by Gasteiger charge is 2.25. The Morgan fingerprint density at radius 2 is 1.83 bits per heavy atom. The maximum atomic E-state index is 13.2. The number of hydrogen-bond acceptors (Lipinski definition) is 5. The highest BCUT2D eigenvalue weighted by atomic mass is 127. The topological polar surface area (TPSA) is 89.8 Å². The summed E-state index contributed by atoms with van der Waals surface area (Å²) >= 11 is 14.7. The molecule has 0 spiro atoms. The summed E-state index contributed by atoms with van der Waals surface area (Å²) in [7, 11) is 0. The summed E-state index contributed by atoms with van der Waals surface area (Å²) < 4.78 is 2.04. The van der Waals surface area contributed by atoms with Gasteiger partial charge in [0, 0.05) is 21.4 Å². The van der Waals surface area contributed by atoms with Gasteiger partial charge in [-0.2, -0.15) is 9.97 Å². The Kier molecular flexibility index (Phi) is 5.90. The van der Waals surface area contributed by atoms with Gasteiger partial charge in [0.2, 0.25) is 11.9 Å². The van der Waals surface area contributed by atoms with Crippen LogP contribution in [0.1, 0.15) is 42.4 Å². The van der Waals surface area contributed by atoms with Gasteiger partial charge in [-0.1, -0.05) is 44.0 Å². The van der Waals surface area contributed by atoms with Crippen molar-refractivity contribution in [2.45, 2.75) is 34.6 Å². The number of carbonyl (C=O) groups excluding carboxylic acids is 2. The van der Waals surface area contributed by atoms with Gasteiger partial charge in [0.25, 0.3) is 5.91 Å². The molecule has 10 heteroatoms. The third kappa shape index (κ3) is 4.10. The number of amides is 1. The first-order chi connectivity index (χ1) is 13.4. The average Bonchev–Trinajstić information content (AvgIpc) is 2.95. The maximum absolute atomic E-state index is 13.2. The summed E-state index contributed by atoms with van der Waals surface area (Å²) in [5.74, 6) is -0.646. The van der Waals surface area contributed by atoms with Crippen LogP contribution in [0.3, 0.4) is 0 Å². The molecule has 0 atom stereocenters. The van der Waals surface area contributed by atoms with Crippen LogP contribution in [-0.2, 0) is 4.79 Å². The summed E-state index contributed by atoms with van der Waals surface area (Å²) in [6, 6.07) is 0. The minimum Gasteiger partial charge on any atom is -0.294 e. The van der Waals surface area contributed by atoms with Crippen molar-refractivity contribution in [3.8, 4) is 0 Å². The maximum Gasteiger partial charge on any atom is 0.282 e. The number of pyridine rings is 1. The van der Waals surface area contributed by atoms with Crippen LogP contribution in [0.15, 0.2) is 12.4 Å². The molecule has 0 aliphatic carbocycles. The summed E-state index contributed by atoms with van der Waals surface area (Å²) in [4.78, 5) is 38.3. The van der Waals surface area contributed by atoms with Crippen molar-refractivity contribution in [2.75, 3.05) is 5.32 Å². The van der Waals surface area contributed by atoms with Crippen LogP contribution < -0.4 is 5.32 Å². The van der Waals surface area contributed by atoms with E-state index in [9.17, 15) is 9.59 Å². The smallest absolute Gasteiger partial charge is 0.282 e. The highest BCUT2D eigenvalue weighted by Crippen LogP contribution is 2.30. The SMILES string of the molecule is Cc1cnc(C(=O)n2cc(I)c3c(Cl)nc(NC(=O)C(C)(C)C)nc32)c(C)c1Cl. The zero-order valence-electron chi connectivity index (χ0n) is 16.4. The molecule has 3 aromatic rings. The van der Waals surface area contributed by atoms with E-state index in [1.54, 1.807) is 40.1 Å². The number of hydrogen-bond donors (Lipinski definition) is 1. The Balaban J connectivity index is 2.15. The lowest BCUT2D eigenvalue weighted by Crippen LogP contribution is -2.28. The molecule has 3 rings (SSSR count). The van der Waals surface area contributed by atoms with Crippen LogP contribution in [-0.4, -0.2) is 31.3 Å². The van der Waals surface area contributed by atoms with Crippen LogP contribution >= 0.6 is 45.8 Å². The quantitative estimate of drug-likeness (QED) is 0.360. The number of rotatable bonds is 2. The van der Waals surface area contributed by atoms with Gasteiger partial charge in [0.15, 0.2) is 5.65 Å². The fourth-order valence-corrected chi connectivity index (χ4v) is 3.92. The lowest BCUT2D eigenvalue weighted by atomic mass is 9.96. The van der Waals surface area contributed by atoms with E-state index >= 15 is 0 Å². The number of nitrogens with one attached hydrogen (secondary N) is 1. The molecule has 0 saturated carbocycles.